The van der Waals surface area contributed by atoms with Crippen LogP contribution in [0.5, 0.6) is 0 Å². The van der Waals surface area contributed by atoms with Crippen molar-refractivity contribution in [1.82, 2.24) is 0 Å². The van der Waals surface area contributed by atoms with Gasteiger partial charge in [0.25, 0.3) is 0 Å². The smallest absolute Gasteiger partial charge is 0.226 e. The van der Waals surface area contributed by atoms with E-state index in [0.29, 0.717) is 5.19 Å². The predicted molar refractivity (Wildman–Crippen MR) is 59.7 cm³/mol. The molecule has 0 unspecified atom stereocenters. The molecular formula is C11H16F2OSi. The molecule has 0 saturated carbocycles. The maximum absolute atomic E-state index is 13.6. The van der Waals surface area contributed by atoms with Gasteiger partial charge in [0.1, 0.15) is 11.6 Å². The van der Waals surface area contributed by atoms with Crippen LogP contribution in [-0.4, -0.2) is 15.4 Å². The molecule has 4 heteroatoms. The molecule has 15 heavy (non-hydrogen) atoms. The molecule has 84 valence electrons. The van der Waals surface area contributed by atoms with Crippen molar-refractivity contribution in [3.05, 3.63) is 29.8 Å². The monoisotopic (exact) mass is 230 g/mol. The molecule has 0 bridgehead atoms. The van der Waals surface area contributed by atoms with Crippen molar-refractivity contribution in [3.8, 4) is 0 Å². The van der Waals surface area contributed by atoms with Crippen LogP contribution in [-0.2, 0) is 4.43 Å². The molecule has 0 N–H and O–H groups in total. The third-order valence-electron chi connectivity index (χ3n) is 2.95. The zero-order chi connectivity index (χ0) is 11.5. The third-order valence-corrected chi connectivity index (χ3v) is 7.41. The Kier molecular flexibility index (Phi) is 3.99. The Balaban J connectivity index is 3.22. The highest BCUT2D eigenvalue weighted by Gasteiger charge is 2.34. The Morgan fingerprint density at radius 3 is 2.20 bits per heavy atom. The van der Waals surface area contributed by atoms with Gasteiger partial charge in [0.05, 0.1) is 0 Å². The fourth-order valence-corrected chi connectivity index (χ4v) is 4.84. The summed E-state index contributed by atoms with van der Waals surface area (Å²) >= 11 is 0. The lowest BCUT2D eigenvalue weighted by atomic mass is 10.3. The molecule has 0 aliphatic heterocycles. The molecule has 1 aromatic rings. The lowest BCUT2D eigenvalue weighted by Crippen LogP contribution is -2.50. The van der Waals surface area contributed by atoms with E-state index in [1.54, 1.807) is 7.11 Å². The van der Waals surface area contributed by atoms with Crippen LogP contribution in [0, 0.1) is 11.6 Å². The van der Waals surface area contributed by atoms with Gasteiger partial charge < -0.3 is 4.43 Å². The third kappa shape index (κ3) is 2.26. The first-order chi connectivity index (χ1) is 7.09. The Hall–Kier alpha value is -0.743. The Morgan fingerprint density at radius 2 is 1.80 bits per heavy atom. The standard InChI is InChI=1S/C11H16F2OSi/c1-4-15(5-2,14-3)11-7-6-9(12)8-10(11)13/h6-8H,4-5H2,1-3H3. The first-order valence-electron chi connectivity index (χ1n) is 5.10. The molecule has 0 saturated heterocycles. The molecule has 0 aromatic heterocycles. The van der Waals surface area contributed by atoms with Crippen molar-refractivity contribution in [1.29, 1.82) is 0 Å². The van der Waals surface area contributed by atoms with E-state index in [1.165, 1.54) is 12.1 Å². The zero-order valence-electron chi connectivity index (χ0n) is 9.31. The topological polar surface area (TPSA) is 9.23 Å². The quantitative estimate of drug-likeness (QED) is 0.723. The minimum absolute atomic E-state index is 0.479. The summed E-state index contributed by atoms with van der Waals surface area (Å²) in [6, 6.07) is 5.34. The summed E-state index contributed by atoms with van der Waals surface area (Å²) in [6.07, 6.45) is 0. The molecule has 0 fully saturated rings. The fraction of sp³-hybridized carbons (Fsp3) is 0.455. The molecule has 1 nitrogen and oxygen atoms in total. The summed E-state index contributed by atoms with van der Waals surface area (Å²) in [5.41, 5.74) is 0. The average Bonchev–Trinajstić information content (AvgIpc) is 2.23. The summed E-state index contributed by atoms with van der Waals surface area (Å²) < 4.78 is 31.9. The molecule has 0 atom stereocenters. The van der Waals surface area contributed by atoms with Gasteiger partial charge in [0.2, 0.25) is 8.32 Å². The van der Waals surface area contributed by atoms with Crippen LogP contribution in [0.4, 0.5) is 8.78 Å². The van der Waals surface area contributed by atoms with E-state index in [1.807, 2.05) is 13.8 Å². The average molecular weight is 230 g/mol. The minimum Gasteiger partial charge on any atom is -0.415 e. The van der Waals surface area contributed by atoms with Gasteiger partial charge in [-0.15, -0.1) is 0 Å². The van der Waals surface area contributed by atoms with Crippen molar-refractivity contribution < 1.29 is 13.2 Å². The van der Waals surface area contributed by atoms with Gasteiger partial charge in [-0.3, -0.25) is 0 Å². The molecule has 0 heterocycles. The first kappa shape index (κ1) is 12.3. The lowest BCUT2D eigenvalue weighted by molar-refractivity contribution is 0.403. The Morgan fingerprint density at radius 1 is 1.20 bits per heavy atom. The molecule has 0 amide bonds. The second-order valence-electron chi connectivity index (χ2n) is 3.53. The van der Waals surface area contributed by atoms with Crippen molar-refractivity contribution in [2.45, 2.75) is 25.9 Å². The van der Waals surface area contributed by atoms with Crippen LogP contribution in [0.15, 0.2) is 18.2 Å². The number of rotatable bonds is 4. The molecular weight excluding hydrogens is 214 g/mol. The number of hydrogen-bond donors (Lipinski definition) is 0. The largest absolute Gasteiger partial charge is 0.415 e. The van der Waals surface area contributed by atoms with Gasteiger partial charge in [-0.1, -0.05) is 19.9 Å². The summed E-state index contributed by atoms with van der Waals surface area (Å²) in [5.74, 6) is -1.02. The number of halogens is 2. The fourth-order valence-electron chi connectivity index (χ4n) is 1.89. The Labute approximate surface area is 90.2 Å². The molecule has 1 aromatic carbocycles. The van der Waals surface area contributed by atoms with Gasteiger partial charge in [-0.2, -0.15) is 0 Å². The van der Waals surface area contributed by atoms with Gasteiger partial charge in [-0.05, 0) is 18.2 Å². The van der Waals surface area contributed by atoms with E-state index in [2.05, 4.69) is 0 Å². The number of benzene rings is 1. The molecule has 0 aliphatic carbocycles. The first-order valence-corrected chi connectivity index (χ1v) is 7.42. The van der Waals surface area contributed by atoms with E-state index in [4.69, 9.17) is 4.43 Å². The van der Waals surface area contributed by atoms with Gasteiger partial charge >= 0.3 is 0 Å². The SMILES string of the molecule is CC[Si](CC)(OC)c1ccc(F)cc1F. The zero-order valence-corrected chi connectivity index (χ0v) is 10.3. The van der Waals surface area contributed by atoms with Crippen LogP contribution < -0.4 is 5.19 Å². The molecule has 0 radical (unpaired) electrons. The van der Waals surface area contributed by atoms with E-state index in [-0.39, 0.29) is 0 Å². The van der Waals surface area contributed by atoms with Crippen molar-refractivity contribution in [2.75, 3.05) is 7.11 Å². The van der Waals surface area contributed by atoms with Crippen LogP contribution >= 0.6 is 0 Å². The second-order valence-corrected chi connectivity index (χ2v) is 7.88. The van der Waals surface area contributed by atoms with Crippen LogP contribution in [0.2, 0.25) is 12.1 Å². The Bertz CT molecular complexity index is 329. The van der Waals surface area contributed by atoms with E-state index < -0.39 is 20.0 Å². The van der Waals surface area contributed by atoms with E-state index >= 15 is 0 Å². The van der Waals surface area contributed by atoms with E-state index in [0.717, 1.165) is 18.2 Å². The van der Waals surface area contributed by atoms with Crippen molar-refractivity contribution in [2.24, 2.45) is 0 Å². The summed E-state index contributed by atoms with van der Waals surface area (Å²) in [4.78, 5) is 0. The van der Waals surface area contributed by atoms with Crippen LogP contribution in [0.1, 0.15) is 13.8 Å². The van der Waals surface area contributed by atoms with Crippen molar-refractivity contribution >= 4 is 13.5 Å². The molecule has 0 spiro atoms. The van der Waals surface area contributed by atoms with Gasteiger partial charge in [0, 0.05) is 18.4 Å². The van der Waals surface area contributed by atoms with Gasteiger partial charge in [0.15, 0.2) is 0 Å². The molecule has 1 rings (SSSR count). The van der Waals surface area contributed by atoms with Gasteiger partial charge in [-0.25, -0.2) is 8.78 Å². The minimum atomic E-state index is -2.20. The lowest BCUT2D eigenvalue weighted by Gasteiger charge is -2.27. The maximum atomic E-state index is 13.6. The predicted octanol–water partition coefficient (Wildman–Crippen LogP) is 2.80. The van der Waals surface area contributed by atoms with Crippen molar-refractivity contribution in [3.63, 3.8) is 0 Å². The number of hydrogen-bond acceptors (Lipinski definition) is 1. The summed E-state index contributed by atoms with van der Waals surface area (Å²) in [5, 5.41) is 0.566. The normalized spacial score (nSPS) is 11.8. The molecule has 0 aliphatic rings. The van der Waals surface area contributed by atoms with E-state index in [9.17, 15) is 8.78 Å². The summed E-state index contributed by atoms with van der Waals surface area (Å²) in [7, 11) is -0.590. The summed E-state index contributed by atoms with van der Waals surface area (Å²) in [6.45, 7) is 3.98. The van der Waals surface area contributed by atoms with Crippen LogP contribution in [0.25, 0.3) is 0 Å². The van der Waals surface area contributed by atoms with Crippen LogP contribution in [0.3, 0.4) is 0 Å². The highest BCUT2D eigenvalue weighted by Crippen LogP contribution is 2.18. The highest BCUT2D eigenvalue weighted by atomic mass is 28.4. The highest BCUT2D eigenvalue weighted by molar-refractivity contribution is 6.86. The maximum Gasteiger partial charge on any atom is 0.226 e. The second kappa shape index (κ2) is 4.85.